The average molecular weight is 472 g/mol. The van der Waals surface area contributed by atoms with Crippen LogP contribution in [0.25, 0.3) is 0 Å². The number of ether oxygens (including phenoxy) is 2. The Hall–Kier alpha value is -2.36. The molecule has 0 radical (unpaired) electrons. The van der Waals surface area contributed by atoms with E-state index in [1.807, 2.05) is 51.4 Å². The van der Waals surface area contributed by atoms with Crippen LogP contribution in [-0.2, 0) is 16.0 Å². The van der Waals surface area contributed by atoms with Gasteiger partial charge in [-0.1, -0.05) is 30.0 Å². The molecule has 1 aromatic carbocycles. The minimum Gasteiger partial charge on any atom is -0.443 e. The number of amides is 1. The van der Waals surface area contributed by atoms with Crippen molar-refractivity contribution in [3.05, 3.63) is 41.6 Å². The summed E-state index contributed by atoms with van der Waals surface area (Å²) in [5, 5.41) is 7.95. The standard InChI is InChI=1S/C24H33N5O3S/c1-24(2,3)32-23(30)29-11-9-19(18-7-5-6-8-20(18)29)25-13-16-14-26-22(33-4)28-21(16)27-17-10-12-31-15-17/h5-8,14,17,19,25H,9-13,15H2,1-4H3,(H,26,27,28)/t17?,19-/m0/s1. The van der Waals surface area contributed by atoms with Crippen LogP contribution < -0.4 is 15.5 Å². The van der Waals surface area contributed by atoms with E-state index < -0.39 is 5.60 Å². The number of nitrogens with zero attached hydrogens (tertiary/aromatic N) is 3. The molecule has 1 aromatic heterocycles. The molecule has 9 heteroatoms. The fraction of sp³-hybridized carbons (Fsp3) is 0.542. The molecule has 1 fully saturated rings. The van der Waals surface area contributed by atoms with Gasteiger partial charge in [-0.05, 0) is 51.5 Å². The normalized spacial score (nSPS) is 20.4. The third kappa shape index (κ3) is 5.96. The summed E-state index contributed by atoms with van der Waals surface area (Å²) >= 11 is 1.53. The lowest BCUT2D eigenvalue weighted by Crippen LogP contribution is -2.42. The van der Waals surface area contributed by atoms with Gasteiger partial charge >= 0.3 is 6.09 Å². The fourth-order valence-electron chi connectivity index (χ4n) is 4.10. The number of hydrogen-bond donors (Lipinski definition) is 2. The van der Waals surface area contributed by atoms with Crippen LogP contribution in [0.5, 0.6) is 0 Å². The van der Waals surface area contributed by atoms with Crippen LogP contribution in [0.4, 0.5) is 16.3 Å². The van der Waals surface area contributed by atoms with E-state index in [1.165, 1.54) is 11.8 Å². The molecule has 0 saturated carbocycles. The van der Waals surface area contributed by atoms with Gasteiger partial charge < -0.3 is 20.1 Å². The van der Waals surface area contributed by atoms with Crippen molar-refractivity contribution in [2.24, 2.45) is 0 Å². The van der Waals surface area contributed by atoms with Crippen molar-refractivity contribution in [2.75, 3.05) is 36.2 Å². The Bertz CT molecular complexity index is 975. The summed E-state index contributed by atoms with van der Waals surface area (Å²) in [5.41, 5.74) is 2.48. The molecule has 0 bridgehead atoms. The highest BCUT2D eigenvalue weighted by Gasteiger charge is 2.31. The van der Waals surface area contributed by atoms with Crippen LogP contribution in [0.15, 0.2) is 35.6 Å². The van der Waals surface area contributed by atoms with Crippen molar-refractivity contribution >= 4 is 29.4 Å². The molecule has 0 aliphatic carbocycles. The minimum atomic E-state index is -0.530. The Labute approximate surface area is 199 Å². The van der Waals surface area contributed by atoms with Crippen molar-refractivity contribution < 1.29 is 14.3 Å². The number of rotatable bonds is 6. The summed E-state index contributed by atoms with van der Waals surface area (Å²) in [7, 11) is 0. The van der Waals surface area contributed by atoms with Crippen LogP contribution in [0, 0.1) is 0 Å². The highest BCUT2D eigenvalue weighted by atomic mass is 32.2. The maximum atomic E-state index is 12.8. The van der Waals surface area contributed by atoms with E-state index >= 15 is 0 Å². The van der Waals surface area contributed by atoms with Crippen LogP contribution >= 0.6 is 11.8 Å². The van der Waals surface area contributed by atoms with E-state index in [0.29, 0.717) is 19.7 Å². The van der Waals surface area contributed by atoms with E-state index in [4.69, 9.17) is 14.5 Å². The van der Waals surface area contributed by atoms with Gasteiger partial charge in [0.1, 0.15) is 11.4 Å². The Kier molecular flexibility index (Phi) is 7.41. The van der Waals surface area contributed by atoms with Gasteiger partial charge in [-0.2, -0.15) is 0 Å². The summed E-state index contributed by atoms with van der Waals surface area (Å²) < 4.78 is 11.1. The molecule has 2 atom stereocenters. The highest BCUT2D eigenvalue weighted by molar-refractivity contribution is 7.98. The molecule has 178 valence electrons. The maximum absolute atomic E-state index is 12.8. The number of aromatic nitrogens is 2. The lowest BCUT2D eigenvalue weighted by Gasteiger charge is -2.35. The molecular formula is C24H33N5O3S. The summed E-state index contributed by atoms with van der Waals surface area (Å²) in [6, 6.07) is 8.41. The molecule has 2 aliphatic heterocycles. The summed E-state index contributed by atoms with van der Waals surface area (Å²) in [5.74, 6) is 0.858. The van der Waals surface area contributed by atoms with Gasteiger partial charge in [0.2, 0.25) is 0 Å². The second-order valence-electron chi connectivity index (χ2n) is 9.35. The number of carbonyl (C=O) groups excluding carboxylic acids is 1. The van der Waals surface area contributed by atoms with E-state index in [-0.39, 0.29) is 18.2 Å². The quantitative estimate of drug-likeness (QED) is 0.474. The third-order valence-electron chi connectivity index (χ3n) is 5.69. The van der Waals surface area contributed by atoms with Crippen molar-refractivity contribution in [1.82, 2.24) is 15.3 Å². The van der Waals surface area contributed by atoms with Gasteiger partial charge in [-0.3, -0.25) is 4.90 Å². The highest BCUT2D eigenvalue weighted by Crippen LogP contribution is 2.35. The number of fused-ring (bicyclic) bond motifs is 1. The molecule has 2 aromatic rings. The van der Waals surface area contributed by atoms with Crippen LogP contribution in [-0.4, -0.2) is 53.7 Å². The first-order chi connectivity index (χ1) is 15.8. The second kappa shape index (κ2) is 10.3. The predicted octanol–water partition coefficient (Wildman–Crippen LogP) is 4.38. The predicted molar refractivity (Wildman–Crippen MR) is 131 cm³/mol. The average Bonchev–Trinajstić information content (AvgIpc) is 3.30. The summed E-state index contributed by atoms with van der Waals surface area (Å²) in [6.45, 7) is 8.35. The largest absolute Gasteiger partial charge is 0.443 e. The molecule has 1 amide bonds. The number of benzene rings is 1. The van der Waals surface area contributed by atoms with E-state index in [2.05, 4.69) is 21.7 Å². The molecule has 2 aliphatic rings. The molecule has 4 rings (SSSR count). The smallest absolute Gasteiger partial charge is 0.414 e. The Morgan fingerprint density at radius 3 is 2.85 bits per heavy atom. The van der Waals surface area contributed by atoms with Gasteiger partial charge in [0.05, 0.1) is 18.3 Å². The Morgan fingerprint density at radius 2 is 2.12 bits per heavy atom. The first-order valence-corrected chi connectivity index (χ1v) is 12.6. The molecular weight excluding hydrogens is 438 g/mol. The number of anilines is 2. The van der Waals surface area contributed by atoms with Gasteiger partial charge in [0.25, 0.3) is 0 Å². The lowest BCUT2D eigenvalue weighted by atomic mass is 9.96. The minimum absolute atomic E-state index is 0.114. The number of nitrogens with one attached hydrogen (secondary N) is 2. The van der Waals surface area contributed by atoms with Gasteiger partial charge in [0, 0.05) is 37.5 Å². The topological polar surface area (TPSA) is 88.6 Å². The van der Waals surface area contributed by atoms with Gasteiger partial charge in [-0.15, -0.1) is 0 Å². The van der Waals surface area contributed by atoms with Crippen molar-refractivity contribution in [3.63, 3.8) is 0 Å². The second-order valence-corrected chi connectivity index (χ2v) is 10.1. The number of para-hydroxylation sites is 1. The first-order valence-electron chi connectivity index (χ1n) is 11.4. The van der Waals surface area contributed by atoms with E-state index in [1.54, 1.807) is 4.90 Å². The molecule has 1 unspecified atom stereocenters. The molecule has 33 heavy (non-hydrogen) atoms. The molecule has 1 saturated heterocycles. The third-order valence-corrected chi connectivity index (χ3v) is 6.25. The summed E-state index contributed by atoms with van der Waals surface area (Å²) in [4.78, 5) is 23.7. The van der Waals surface area contributed by atoms with Gasteiger partial charge in [-0.25, -0.2) is 14.8 Å². The number of carbonyl (C=O) groups is 1. The van der Waals surface area contributed by atoms with Crippen LogP contribution in [0.3, 0.4) is 0 Å². The fourth-order valence-corrected chi connectivity index (χ4v) is 4.44. The lowest BCUT2D eigenvalue weighted by molar-refractivity contribution is 0.0576. The van der Waals surface area contributed by atoms with E-state index in [0.717, 1.165) is 47.2 Å². The maximum Gasteiger partial charge on any atom is 0.414 e. The Balaban J connectivity index is 1.49. The van der Waals surface area contributed by atoms with Crippen molar-refractivity contribution in [3.8, 4) is 0 Å². The molecule has 3 heterocycles. The SMILES string of the molecule is CSc1ncc(CN[C@H]2CCN(C(=O)OC(C)(C)C)c3ccccc32)c(NC2CCOC2)n1. The zero-order valence-electron chi connectivity index (χ0n) is 19.8. The zero-order valence-corrected chi connectivity index (χ0v) is 20.6. The zero-order chi connectivity index (χ0) is 23.4. The Morgan fingerprint density at radius 1 is 1.30 bits per heavy atom. The van der Waals surface area contributed by atoms with Crippen molar-refractivity contribution in [2.45, 2.75) is 63.0 Å². The molecule has 0 spiro atoms. The first kappa shape index (κ1) is 23.8. The molecule has 2 N–H and O–H groups in total. The summed E-state index contributed by atoms with van der Waals surface area (Å²) in [6.07, 6.45) is 5.33. The van der Waals surface area contributed by atoms with E-state index in [9.17, 15) is 4.79 Å². The van der Waals surface area contributed by atoms with Crippen LogP contribution in [0.2, 0.25) is 0 Å². The van der Waals surface area contributed by atoms with Crippen LogP contribution in [0.1, 0.15) is 50.8 Å². The number of thioether (sulfide) groups is 1. The van der Waals surface area contributed by atoms with Crippen molar-refractivity contribution in [1.29, 1.82) is 0 Å². The monoisotopic (exact) mass is 471 g/mol. The number of hydrogen-bond acceptors (Lipinski definition) is 8. The van der Waals surface area contributed by atoms with Gasteiger partial charge in [0.15, 0.2) is 5.16 Å². The molecule has 8 nitrogen and oxygen atoms in total.